The summed E-state index contributed by atoms with van der Waals surface area (Å²) in [6, 6.07) is 8.51. The van der Waals surface area contributed by atoms with Crippen LogP contribution in [0.3, 0.4) is 0 Å². The van der Waals surface area contributed by atoms with Crippen molar-refractivity contribution >= 4 is 23.2 Å². The third-order valence-corrected chi connectivity index (χ3v) is 3.88. The van der Waals surface area contributed by atoms with E-state index in [0.29, 0.717) is 29.2 Å². The molecule has 0 aliphatic rings. The number of hydrogen-bond donors (Lipinski definition) is 2. The van der Waals surface area contributed by atoms with Gasteiger partial charge in [-0.1, -0.05) is 18.2 Å². The average molecular weight is 305 g/mol. The van der Waals surface area contributed by atoms with Gasteiger partial charge in [0.2, 0.25) is 0 Å². The molecule has 0 bridgehead atoms. The van der Waals surface area contributed by atoms with Gasteiger partial charge in [-0.3, -0.25) is 4.79 Å². The summed E-state index contributed by atoms with van der Waals surface area (Å²) in [4.78, 5) is 23.6. The van der Waals surface area contributed by atoms with Crippen molar-refractivity contribution in [1.82, 2.24) is 5.32 Å². The van der Waals surface area contributed by atoms with Crippen molar-refractivity contribution in [2.75, 3.05) is 13.7 Å². The molecule has 0 unspecified atom stereocenters. The van der Waals surface area contributed by atoms with Crippen LogP contribution < -0.4 is 10.1 Å². The molecule has 0 aliphatic heterocycles. The van der Waals surface area contributed by atoms with Crippen molar-refractivity contribution in [2.24, 2.45) is 0 Å². The lowest BCUT2D eigenvalue weighted by Gasteiger charge is -2.07. The third-order valence-electron chi connectivity index (χ3n) is 2.98. The largest absolute Gasteiger partial charge is 0.495 e. The van der Waals surface area contributed by atoms with E-state index in [2.05, 4.69) is 5.32 Å². The van der Waals surface area contributed by atoms with Gasteiger partial charge in [0.05, 0.1) is 12.7 Å². The van der Waals surface area contributed by atoms with Gasteiger partial charge in [-0.05, 0) is 29.5 Å². The molecule has 2 aromatic rings. The Morgan fingerprint density at radius 3 is 2.76 bits per heavy atom. The number of carboxylic acid groups (broad SMARTS) is 1. The number of methoxy groups -OCH3 is 1. The van der Waals surface area contributed by atoms with Crippen LogP contribution in [0.25, 0.3) is 0 Å². The first-order valence-corrected chi connectivity index (χ1v) is 7.22. The van der Waals surface area contributed by atoms with E-state index in [-0.39, 0.29) is 11.5 Å². The smallest absolute Gasteiger partial charge is 0.335 e. The summed E-state index contributed by atoms with van der Waals surface area (Å²) in [5.41, 5.74) is 0.962. The second-order valence-electron chi connectivity index (χ2n) is 4.29. The average Bonchev–Trinajstić information content (AvgIpc) is 2.96. The van der Waals surface area contributed by atoms with E-state index in [0.717, 1.165) is 0 Å². The number of rotatable bonds is 6. The Morgan fingerprint density at radius 2 is 2.05 bits per heavy atom. The van der Waals surface area contributed by atoms with Gasteiger partial charge in [-0.15, -0.1) is 11.3 Å². The molecule has 0 saturated heterocycles. The van der Waals surface area contributed by atoms with E-state index >= 15 is 0 Å². The second kappa shape index (κ2) is 6.90. The number of hydrogen-bond acceptors (Lipinski definition) is 4. The fourth-order valence-corrected chi connectivity index (χ4v) is 2.74. The molecular weight excluding hydrogens is 290 g/mol. The highest BCUT2D eigenvalue weighted by molar-refractivity contribution is 7.12. The highest BCUT2D eigenvalue weighted by Crippen LogP contribution is 2.23. The van der Waals surface area contributed by atoms with Crippen LogP contribution in [0.4, 0.5) is 0 Å². The van der Waals surface area contributed by atoms with Gasteiger partial charge < -0.3 is 15.2 Å². The molecular formula is C15H15NO4S. The number of carboxylic acids is 1. The van der Waals surface area contributed by atoms with Crippen molar-refractivity contribution in [3.63, 3.8) is 0 Å². The summed E-state index contributed by atoms with van der Waals surface area (Å²) in [7, 11) is 1.52. The molecule has 1 aromatic heterocycles. The number of nitrogens with one attached hydrogen (secondary N) is 1. The molecule has 1 amide bonds. The van der Waals surface area contributed by atoms with Gasteiger partial charge in [0.1, 0.15) is 10.6 Å². The standard InChI is InChI=1S/C15H15NO4S/c1-20-12-7-9-21-13(12)14(17)16-8-6-10-4-2-3-5-11(10)15(18)19/h2-5,7,9H,6,8H2,1H3,(H,16,17)(H,18,19). The number of ether oxygens (including phenoxy) is 1. The Morgan fingerprint density at radius 1 is 1.29 bits per heavy atom. The fraction of sp³-hybridized carbons (Fsp3) is 0.200. The maximum Gasteiger partial charge on any atom is 0.335 e. The maximum atomic E-state index is 12.0. The molecule has 6 heteroatoms. The van der Waals surface area contributed by atoms with Crippen LogP contribution >= 0.6 is 11.3 Å². The molecule has 1 aromatic carbocycles. The number of aromatic carboxylic acids is 1. The maximum absolute atomic E-state index is 12.0. The van der Waals surface area contributed by atoms with Crippen LogP contribution in [-0.4, -0.2) is 30.6 Å². The Hall–Kier alpha value is -2.34. The number of amides is 1. The van der Waals surface area contributed by atoms with E-state index in [9.17, 15) is 9.59 Å². The molecule has 0 fully saturated rings. The number of benzene rings is 1. The lowest BCUT2D eigenvalue weighted by molar-refractivity contribution is 0.0695. The zero-order valence-electron chi connectivity index (χ0n) is 11.5. The van der Waals surface area contributed by atoms with Crippen LogP contribution in [0.15, 0.2) is 35.7 Å². The van der Waals surface area contributed by atoms with Crippen molar-refractivity contribution in [2.45, 2.75) is 6.42 Å². The fourth-order valence-electron chi connectivity index (χ4n) is 1.96. The first kappa shape index (κ1) is 15.1. The highest BCUT2D eigenvalue weighted by atomic mass is 32.1. The molecule has 110 valence electrons. The van der Waals surface area contributed by atoms with Crippen molar-refractivity contribution in [3.05, 3.63) is 51.7 Å². The van der Waals surface area contributed by atoms with Crippen LogP contribution in [0.5, 0.6) is 5.75 Å². The van der Waals surface area contributed by atoms with Crippen molar-refractivity contribution in [1.29, 1.82) is 0 Å². The minimum Gasteiger partial charge on any atom is -0.495 e. The number of thiophene rings is 1. The van der Waals surface area contributed by atoms with Gasteiger partial charge in [-0.25, -0.2) is 4.79 Å². The van der Waals surface area contributed by atoms with Crippen LogP contribution in [0, 0.1) is 0 Å². The van der Waals surface area contributed by atoms with Gasteiger partial charge in [0, 0.05) is 6.54 Å². The normalized spacial score (nSPS) is 10.1. The molecule has 0 saturated carbocycles. The molecule has 2 rings (SSSR count). The van der Waals surface area contributed by atoms with Crippen molar-refractivity contribution < 1.29 is 19.4 Å². The first-order valence-electron chi connectivity index (χ1n) is 6.34. The Labute approximate surface area is 126 Å². The van der Waals surface area contributed by atoms with E-state index in [4.69, 9.17) is 9.84 Å². The summed E-state index contributed by atoms with van der Waals surface area (Å²) in [5, 5.41) is 13.6. The second-order valence-corrected chi connectivity index (χ2v) is 5.20. The van der Waals surface area contributed by atoms with Crippen molar-refractivity contribution in [3.8, 4) is 5.75 Å². The van der Waals surface area contributed by atoms with Crippen LogP contribution in [-0.2, 0) is 6.42 Å². The molecule has 2 N–H and O–H groups in total. The lowest BCUT2D eigenvalue weighted by Crippen LogP contribution is -2.25. The molecule has 1 heterocycles. The molecule has 5 nitrogen and oxygen atoms in total. The number of carbonyl (C=O) groups excluding carboxylic acids is 1. The minimum atomic E-state index is -0.961. The molecule has 0 radical (unpaired) electrons. The van der Waals surface area contributed by atoms with E-state index in [1.54, 1.807) is 35.7 Å². The Bertz CT molecular complexity index is 651. The van der Waals surface area contributed by atoms with E-state index in [1.807, 2.05) is 0 Å². The topological polar surface area (TPSA) is 75.6 Å². The molecule has 0 atom stereocenters. The van der Waals surface area contributed by atoms with Gasteiger partial charge in [-0.2, -0.15) is 0 Å². The molecule has 0 aliphatic carbocycles. The van der Waals surface area contributed by atoms with Gasteiger partial charge in [0.15, 0.2) is 0 Å². The summed E-state index contributed by atoms with van der Waals surface area (Å²) < 4.78 is 5.09. The highest BCUT2D eigenvalue weighted by Gasteiger charge is 2.14. The van der Waals surface area contributed by atoms with Gasteiger partial charge in [0.25, 0.3) is 5.91 Å². The molecule has 21 heavy (non-hydrogen) atoms. The van der Waals surface area contributed by atoms with E-state index in [1.165, 1.54) is 18.4 Å². The Balaban J connectivity index is 1.96. The van der Waals surface area contributed by atoms with Crippen LogP contribution in [0.2, 0.25) is 0 Å². The summed E-state index contributed by atoms with van der Waals surface area (Å²) in [6.45, 7) is 0.365. The van der Waals surface area contributed by atoms with E-state index < -0.39 is 5.97 Å². The number of carbonyl (C=O) groups is 2. The predicted molar refractivity (Wildman–Crippen MR) is 80.3 cm³/mol. The monoisotopic (exact) mass is 305 g/mol. The summed E-state index contributed by atoms with van der Waals surface area (Å²) in [6.07, 6.45) is 0.460. The lowest BCUT2D eigenvalue weighted by atomic mass is 10.0. The SMILES string of the molecule is COc1ccsc1C(=O)NCCc1ccccc1C(=O)O. The minimum absolute atomic E-state index is 0.213. The first-order chi connectivity index (χ1) is 10.1. The third kappa shape index (κ3) is 3.61. The summed E-state index contributed by atoms with van der Waals surface area (Å²) in [5.74, 6) is -0.630. The van der Waals surface area contributed by atoms with Crippen LogP contribution in [0.1, 0.15) is 25.6 Å². The zero-order valence-corrected chi connectivity index (χ0v) is 12.3. The molecule has 0 spiro atoms. The quantitative estimate of drug-likeness (QED) is 0.859. The van der Waals surface area contributed by atoms with Gasteiger partial charge >= 0.3 is 5.97 Å². The Kier molecular flexibility index (Phi) is 4.94. The zero-order chi connectivity index (χ0) is 15.2. The predicted octanol–water partition coefficient (Wildman–Crippen LogP) is 2.43. The summed E-state index contributed by atoms with van der Waals surface area (Å²) >= 11 is 1.31.